The molecule has 0 unspecified atom stereocenters. The maximum absolute atomic E-state index is 12.9. The number of rotatable bonds is 7. The van der Waals surface area contributed by atoms with E-state index < -0.39 is 10.0 Å². The lowest BCUT2D eigenvalue weighted by molar-refractivity contribution is -0.111. The minimum Gasteiger partial charge on any atom is -0.287 e. The van der Waals surface area contributed by atoms with E-state index in [0.717, 1.165) is 28.0 Å². The van der Waals surface area contributed by atoms with Crippen molar-refractivity contribution in [2.45, 2.75) is 29.1 Å². The Balaban J connectivity index is 1.59. The Labute approximate surface area is 174 Å². The van der Waals surface area contributed by atoms with Crippen LogP contribution in [0.25, 0.3) is 11.1 Å². The number of primary sulfonamides is 1. The third-order valence-electron chi connectivity index (χ3n) is 4.34. The molecule has 0 aliphatic rings. The monoisotopic (exact) mass is 429 g/mol. The second-order valence-corrected chi connectivity index (χ2v) is 9.24. The minimum atomic E-state index is -3.72. The van der Waals surface area contributed by atoms with E-state index in [2.05, 4.69) is 0 Å². The van der Waals surface area contributed by atoms with Crippen LogP contribution in [0.5, 0.6) is 0 Å². The Hall–Kier alpha value is -2.48. The fourth-order valence-corrected chi connectivity index (χ4v) is 4.20. The first kappa shape index (κ1) is 21.2. The highest BCUT2D eigenvalue weighted by molar-refractivity contribution is 8.13. The molecule has 29 heavy (non-hydrogen) atoms. The van der Waals surface area contributed by atoms with E-state index in [9.17, 15) is 17.6 Å². The molecule has 0 bridgehead atoms. The van der Waals surface area contributed by atoms with Crippen LogP contribution in [0.4, 0.5) is 4.39 Å². The highest BCUT2D eigenvalue weighted by Gasteiger charge is 2.09. The number of carbonyl (C=O) groups is 1. The first-order valence-corrected chi connectivity index (χ1v) is 11.4. The van der Waals surface area contributed by atoms with E-state index in [-0.39, 0.29) is 15.8 Å². The second-order valence-electron chi connectivity index (χ2n) is 6.55. The van der Waals surface area contributed by atoms with Gasteiger partial charge in [0.2, 0.25) is 10.0 Å². The van der Waals surface area contributed by atoms with Gasteiger partial charge in [0.05, 0.1) is 4.90 Å². The van der Waals surface area contributed by atoms with Gasteiger partial charge in [-0.3, -0.25) is 4.79 Å². The molecule has 4 nitrogen and oxygen atoms in total. The summed E-state index contributed by atoms with van der Waals surface area (Å²) in [4.78, 5) is 13.2. The molecule has 0 amide bonds. The summed E-state index contributed by atoms with van der Waals surface area (Å²) in [6, 6.07) is 20.1. The Morgan fingerprint density at radius 1 is 0.931 bits per heavy atom. The Bertz CT molecular complexity index is 1100. The van der Waals surface area contributed by atoms with Crippen molar-refractivity contribution in [3.05, 3.63) is 84.2 Å². The van der Waals surface area contributed by atoms with E-state index in [1.54, 1.807) is 24.3 Å². The van der Waals surface area contributed by atoms with Gasteiger partial charge in [-0.05, 0) is 65.9 Å². The number of carbonyl (C=O) groups excluding carboxylic acids is 1. The lowest BCUT2D eigenvalue weighted by Gasteiger charge is -2.06. The van der Waals surface area contributed by atoms with Gasteiger partial charge in [-0.1, -0.05) is 48.2 Å². The molecule has 0 saturated heterocycles. The standard InChI is InChI=1S/C22H20FNO3S2/c23-19-11-7-16(8-12-19)3-1-6-22(25)28-20-5-2-4-18(15-20)17-9-13-21(14-10-17)29(24,26)27/h2,4-5,7-15H,1,3,6H2,(H2,24,26,27). The molecular formula is C22H20FNO3S2. The van der Waals surface area contributed by atoms with Crippen LogP contribution in [0, 0.1) is 5.82 Å². The van der Waals surface area contributed by atoms with Crippen LogP contribution < -0.4 is 5.14 Å². The van der Waals surface area contributed by atoms with Crippen LogP contribution in [0.2, 0.25) is 0 Å². The molecule has 0 radical (unpaired) electrons. The largest absolute Gasteiger partial charge is 0.287 e. The van der Waals surface area contributed by atoms with Gasteiger partial charge in [0.15, 0.2) is 5.12 Å². The average Bonchev–Trinajstić information content (AvgIpc) is 2.69. The van der Waals surface area contributed by atoms with Crippen molar-refractivity contribution in [1.29, 1.82) is 0 Å². The van der Waals surface area contributed by atoms with Crippen molar-refractivity contribution in [3.8, 4) is 11.1 Å². The number of halogens is 1. The number of hydrogen-bond acceptors (Lipinski definition) is 4. The quantitative estimate of drug-likeness (QED) is 0.548. The lowest BCUT2D eigenvalue weighted by Crippen LogP contribution is -2.11. The summed E-state index contributed by atoms with van der Waals surface area (Å²) in [6.45, 7) is 0. The Morgan fingerprint density at radius 3 is 2.28 bits per heavy atom. The molecular weight excluding hydrogens is 409 g/mol. The van der Waals surface area contributed by atoms with Gasteiger partial charge in [-0.2, -0.15) is 0 Å². The highest BCUT2D eigenvalue weighted by Crippen LogP contribution is 2.28. The molecule has 0 heterocycles. The third kappa shape index (κ3) is 6.25. The fraction of sp³-hybridized carbons (Fsp3) is 0.136. The normalized spacial score (nSPS) is 11.4. The van der Waals surface area contributed by atoms with Crippen LogP contribution in [-0.4, -0.2) is 13.5 Å². The zero-order valence-corrected chi connectivity index (χ0v) is 17.2. The van der Waals surface area contributed by atoms with Gasteiger partial charge in [0.25, 0.3) is 0 Å². The zero-order valence-electron chi connectivity index (χ0n) is 15.5. The van der Waals surface area contributed by atoms with E-state index in [1.807, 2.05) is 24.3 Å². The van der Waals surface area contributed by atoms with Crippen LogP contribution in [0.3, 0.4) is 0 Å². The van der Waals surface area contributed by atoms with Crippen molar-refractivity contribution in [2.75, 3.05) is 0 Å². The summed E-state index contributed by atoms with van der Waals surface area (Å²) in [6.07, 6.45) is 1.85. The average molecular weight is 430 g/mol. The molecule has 7 heteroatoms. The SMILES string of the molecule is NS(=O)(=O)c1ccc(-c2cccc(SC(=O)CCCc3ccc(F)cc3)c2)cc1. The first-order valence-electron chi connectivity index (χ1n) is 9.00. The van der Waals surface area contributed by atoms with Gasteiger partial charge < -0.3 is 0 Å². The summed E-state index contributed by atoms with van der Waals surface area (Å²) in [5.41, 5.74) is 2.73. The molecule has 0 aliphatic carbocycles. The molecule has 0 saturated carbocycles. The predicted molar refractivity (Wildman–Crippen MR) is 113 cm³/mol. The summed E-state index contributed by atoms with van der Waals surface area (Å²) in [5.74, 6) is -0.264. The van der Waals surface area contributed by atoms with Gasteiger partial charge in [-0.15, -0.1) is 0 Å². The molecule has 3 aromatic carbocycles. The zero-order chi connectivity index (χ0) is 20.9. The Kier molecular flexibility index (Phi) is 6.84. The number of benzene rings is 3. The summed E-state index contributed by atoms with van der Waals surface area (Å²) < 4.78 is 35.7. The lowest BCUT2D eigenvalue weighted by atomic mass is 10.1. The summed E-state index contributed by atoms with van der Waals surface area (Å²) in [5, 5.41) is 5.19. The fourth-order valence-electron chi connectivity index (χ4n) is 2.85. The predicted octanol–water partition coefficient (Wildman–Crippen LogP) is 4.78. The molecule has 0 spiro atoms. The van der Waals surface area contributed by atoms with Gasteiger partial charge in [0, 0.05) is 11.3 Å². The minimum absolute atomic E-state index is 0.0584. The van der Waals surface area contributed by atoms with Crippen molar-refractivity contribution in [2.24, 2.45) is 5.14 Å². The highest BCUT2D eigenvalue weighted by atomic mass is 32.2. The molecule has 3 aromatic rings. The van der Waals surface area contributed by atoms with Crippen LogP contribution in [-0.2, 0) is 21.2 Å². The first-order chi connectivity index (χ1) is 13.8. The summed E-state index contributed by atoms with van der Waals surface area (Å²) >= 11 is 1.18. The molecule has 0 aromatic heterocycles. The molecule has 2 N–H and O–H groups in total. The molecule has 3 rings (SSSR count). The number of hydrogen-bond donors (Lipinski definition) is 1. The van der Waals surface area contributed by atoms with Gasteiger partial charge in [0.1, 0.15) is 5.82 Å². The molecule has 150 valence electrons. The third-order valence-corrected chi connectivity index (χ3v) is 6.19. The van der Waals surface area contributed by atoms with Crippen LogP contribution in [0.15, 0.2) is 82.6 Å². The van der Waals surface area contributed by atoms with E-state index >= 15 is 0 Å². The maximum Gasteiger partial charge on any atom is 0.238 e. The number of aryl methyl sites for hydroxylation is 1. The molecule has 0 atom stereocenters. The van der Waals surface area contributed by atoms with Gasteiger partial charge >= 0.3 is 0 Å². The van der Waals surface area contributed by atoms with E-state index in [4.69, 9.17) is 5.14 Å². The van der Waals surface area contributed by atoms with E-state index in [0.29, 0.717) is 12.8 Å². The molecule has 0 aliphatic heterocycles. The Morgan fingerprint density at radius 2 is 1.62 bits per heavy atom. The number of nitrogens with two attached hydrogens (primary N) is 1. The second kappa shape index (κ2) is 9.35. The van der Waals surface area contributed by atoms with Crippen molar-refractivity contribution < 1.29 is 17.6 Å². The number of sulfonamides is 1. The summed E-state index contributed by atoms with van der Waals surface area (Å²) in [7, 11) is -3.72. The van der Waals surface area contributed by atoms with Crippen molar-refractivity contribution in [3.63, 3.8) is 0 Å². The van der Waals surface area contributed by atoms with Crippen molar-refractivity contribution in [1.82, 2.24) is 0 Å². The molecule has 0 fully saturated rings. The van der Waals surface area contributed by atoms with E-state index in [1.165, 1.54) is 36.0 Å². The number of thioether (sulfide) groups is 1. The van der Waals surface area contributed by atoms with Crippen LogP contribution in [0.1, 0.15) is 18.4 Å². The smallest absolute Gasteiger partial charge is 0.238 e. The topological polar surface area (TPSA) is 77.2 Å². The van der Waals surface area contributed by atoms with Crippen LogP contribution >= 0.6 is 11.8 Å². The van der Waals surface area contributed by atoms with Gasteiger partial charge in [-0.25, -0.2) is 17.9 Å². The maximum atomic E-state index is 12.9. The van der Waals surface area contributed by atoms with Crippen molar-refractivity contribution >= 4 is 26.9 Å².